The molecule has 0 aromatic rings. The molecule has 0 saturated heterocycles. The first kappa shape index (κ1) is 21.3. The molecule has 4 rings (SSSR count). The van der Waals surface area contributed by atoms with Gasteiger partial charge in [0.05, 0.1) is 0 Å². The van der Waals surface area contributed by atoms with Gasteiger partial charge in [-0.05, 0) is 66.1 Å². The Morgan fingerprint density at radius 3 is 2.52 bits per heavy atom. The lowest BCUT2D eigenvalue weighted by molar-refractivity contribution is -0.163. The molecule has 29 heavy (non-hydrogen) atoms. The summed E-state index contributed by atoms with van der Waals surface area (Å²) in [5, 5.41) is 0. The standard InChI is InChI=1S/C27H42O2/c1-17(2)9-8-10-18(3)20-12-13-21-24-22(28)15-19-11-6-7-14-26(19,4)25(24)23(29)16-27(20,21)5/h6,11,17-21,24-25H,7-10,12-16H2,1-5H3/t18-,19-,20?,21?,24+,25-,26-,27+/m0/s1. The van der Waals surface area contributed by atoms with E-state index in [4.69, 9.17) is 0 Å². The van der Waals surface area contributed by atoms with Crippen molar-refractivity contribution in [3.05, 3.63) is 12.2 Å². The molecule has 0 bridgehead atoms. The number of ketones is 2. The molecule has 3 saturated carbocycles. The molecular weight excluding hydrogens is 356 g/mol. The quantitative estimate of drug-likeness (QED) is 0.487. The topological polar surface area (TPSA) is 34.1 Å². The van der Waals surface area contributed by atoms with Crippen molar-refractivity contribution in [3.63, 3.8) is 0 Å². The Morgan fingerprint density at radius 2 is 1.79 bits per heavy atom. The third-order valence-corrected chi connectivity index (χ3v) is 9.87. The van der Waals surface area contributed by atoms with Gasteiger partial charge in [0.25, 0.3) is 0 Å². The lowest BCUT2D eigenvalue weighted by Gasteiger charge is -2.58. The van der Waals surface area contributed by atoms with Crippen LogP contribution >= 0.6 is 0 Å². The van der Waals surface area contributed by atoms with Crippen LogP contribution in [0.25, 0.3) is 0 Å². The first-order valence-corrected chi connectivity index (χ1v) is 12.4. The summed E-state index contributed by atoms with van der Waals surface area (Å²) in [7, 11) is 0. The SMILES string of the molecule is CC(C)CCC[C@H](C)C1CCC2[C@@H]3C(=O)C[C@@H]4C=CCC[C@]4(C)[C@H]3C(=O)C[C@]12C. The van der Waals surface area contributed by atoms with Gasteiger partial charge in [0.1, 0.15) is 11.6 Å². The molecule has 162 valence electrons. The van der Waals surface area contributed by atoms with E-state index in [0.29, 0.717) is 35.7 Å². The van der Waals surface area contributed by atoms with E-state index in [-0.39, 0.29) is 28.6 Å². The average Bonchev–Trinajstić information content (AvgIpc) is 2.98. The highest BCUT2D eigenvalue weighted by molar-refractivity contribution is 5.94. The minimum Gasteiger partial charge on any atom is -0.299 e. The molecule has 8 atom stereocenters. The van der Waals surface area contributed by atoms with Crippen molar-refractivity contribution in [2.45, 2.75) is 92.4 Å². The second-order valence-corrected chi connectivity index (χ2v) is 12.0. The van der Waals surface area contributed by atoms with E-state index in [1.807, 2.05) is 0 Å². The Balaban J connectivity index is 1.58. The molecule has 0 spiro atoms. The third-order valence-electron chi connectivity index (χ3n) is 9.87. The van der Waals surface area contributed by atoms with Crippen LogP contribution < -0.4 is 0 Å². The van der Waals surface area contributed by atoms with E-state index in [1.165, 1.54) is 25.7 Å². The zero-order valence-electron chi connectivity index (χ0n) is 19.4. The Labute approximate surface area is 178 Å². The van der Waals surface area contributed by atoms with Crippen molar-refractivity contribution < 1.29 is 9.59 Å². The van der Waals surface area contributed by atoms with Gasteiger partial charge in [0, 0.05) is 24.7 Å². The highest BCUT2D eigenvalue weighted by atomic mass is 16.1. The van der Waals surface area contributed by atoms with Crippen LogP contribution in [0, 0.1) is 52.3 Å². The summed E-state index contributed by atoms with van der Waals surface area (Å²) in [5.74, 6) is 3.55. The largest absolute Gasteiger partial charge is 0.299 e. The molecule has 2 heteroatoms. The molecule has 0 aromatic carbocycles. The first-order chi connectivity index (χ1) is 13.7. The van der Waals surface area contributed by atoms with Gasteiger partial charge in [-0.1, -0.05) is 66.0 Å². The van der Waals surface area contributed by atoms with E-state index < -0.39 is 0 Å². The number of allylic oxidation sites excluding steroid dienone is 2. The van der Waals surface area contributed by atoms with Crippen LogP contribution in [0.15, 0.2) is 12.2 Å². The maximum absolute atomic E-state index is 13.7. The van der Waals surface area contributed by atoms with Gasteiger partial charge in [-0.3, -0.25) is 9.59 Å². The number of Topliss-reactive ketones (excluding diaryl/α,β-unsaturated/α-hetero) is 2. The minimum atomic E-state index is -0.0215. The second kappa shape index (κ2) is 7.65. The third kappa shape index (κ3) is 3.37. The van der Waals surface area contributed by atoms with Crippen LogP contribution in [-0.2, 0) is 9.59 Å². The molecular formula is C27H42O2. The molecule has 0 aliphatic heterocycles. The van der Waals surface area contributed by atoms with Crippen molar-refractivity contribution >= 4 is 11.6 Å². The van der Waals surface area contributed by atoms with Gasteiger partial charge in [-0.25, -0.2) is 0 Å². The number of rotatable bonds is 5. The number of carbonyl (C=O) groups excluding carboxylic acids is 2. The fourth-order valence-electron chi connectivity index (χ4n) is 8.34. The molecule has 2 nitrogen and oxygen atoms in total. The normalized spacial score (nSPS) is 45.1. The molecule has 2 unspecified atom stereocenters. The van der Waals surface area contributed by atoms with Gasteiger partial charge in [-0.2, -0.15) is 0 Å². The van der Waals surface area contributed by atoms with Gasteiger partial charge in [0.2, 0.25) is 0 Å². The fourth-order valence-corrected chi connectivity index (χ4v) is 8.34. The Hall–Kier alpha value is -0.920. The summed E-state index contributed by atoms with van der Waals surface area (Å²) in [6, 6.07) is 0. The second-order valence-electron chi connectivity index (χ2n) is 12.0. The summed E-state index contributed by atoms with van der Waals surface area (Å²) in [4.78, 5) is 27.1. The molecule has 3 fully saturated rings. The van der Waals surface area contributed by atoms with Crippen molar-refractivity contribution in [2.75, 3.05) is 0 Å². The van der Waals surface area contributed by atoms with Crippen LogP contribution in [0.2, 0.25) is 0 Å². The predicted octanol–water partition coefficient (Wildman–Crippen LogP) is 6.63. The fraction of sp³-hybridized carbons (Fsp3) is 0.852. The smallest absolute Gasteiger partial charge is 0.137 e. The Bertz CT molecular complexity index is 691. The predicted molar refractivity (Wildman–Crippen MR) is 118 cm³/mol. The minimum absolute atomic E-state index is 0.00173. The van der Waals surface area contributed by atoms with E-state index in [0.717, 1.165) is 31.6 Å². The van der Waals surface area contributed by atoms with Gasteiger partial charge in [-0.15, -0.1) is 0 Å². The van der Waals surface area contributed by atoms with Crippen LogP contribution in [0.4, 0.5) is 0 Å². The van der Waals surface area contributed by atoms with Gasteiger partial charge >= 0.3 is 0 Å². The van der Waals surface area contributed by atoms with Crippen molar-refractivity contribution in [2.24, 2.45) is 52.3 Å². The van der Waals surface area contributed by atoms with Crippen molar-refractivity contribution in [1.29, 1.82) is 0 Å². The van der Waals surface area contributed by atoms with Crippen molar-refractivity contribution in [3.8, 4) is 0 Å². The lowest BCUT2D eigenvalue weighted by Crippen LogP contribution is -2.59. The summed E-state index contributed by atoms with van der Waals surface area (Å²) in [6.07, 6.45) is 14.3. The zero-order chi connectivity index (χ0) is 21.0. The summed E-state index contributed by atoms with van der Waals surface area (Å²) in [5.41, 5.74) is 0.0472. The van der Waals surface area contributed by atoms with Gasteiger partial charge in [0.15, 0.2) is 0 Å². The summed E-state index contributed by atoms with van der Waals surface area (Å²) >= 11 is 0. The highest BCUT2D eigenvalue weighted by Crippen LogP contribution is 2.66. The van der Waals surface area contributed by atoms with E-state index >= 15 is 0 Å². The van der Waals surface area contributed by atoms with E-state index in [9.17, 15) is 9.59 Å². The number of carbonyl (C=O) groups is 2. The molecule has 4 aliphatic carbocycles. The Kier molecular flexibility index (Phi) is 5.62. The zero-order valence-corrected chi connectivity index (χ0v) is 19.4. The van der Waals surface area contributed by atoms with E-state index in [2.05, 4.69) is 46.8 Å². The Morgan fingerprint density at radius 1 is 1.03 bits per heavy atom. The molecule has 0 radical (unpaired) electrons. The molecule has 4 aliphatic rings. The van der Waals surface area contributed by atoms with Crippen LogP contribution in [0.3, 0.4) is 0 Å². The monoisotopic (exact) mass is 398 g/mol. The number of hydrogen-bond acceptors (Lipinski definition) is 2. The molecule has 0 amide bonds. The molecule has 0 heterocycles. The van der Waals surface area contributed by atoms with Gasteiger partial charge < -0.3 is 0 Å². The van der Waals surface area contributed by atoms with Crippen LogP contribution in [-0.4, -0.2) is 11.6 Å². The maximum Gasteiger partial charge on any atom is 0.137 e. The van der Waals surface area contributed by atoms with Crippen LogP contribution in [0.5, 0.6) is 0 Å². The number of fused-ring (bicyclic) bond motifs is 5. The summed E-state index contributed by atoms with van der Waals surface area (Å²) < 4.78 is 0. The summed E-state index contributed by atoms with van der Waals surface area (Å²) in [6.45, 7) is 11.7. The van der Waals surface area contributed by atoms with Crippen molar-refractivity contribution in [1.82, 2.24) is 0 Å². The lowest BCUT2D eigenvalue weighted by atomic mass is 9.44. The van der Waals surface area contributed by atoms with Crippen LogP contribution in [0.1, 0.15) is 92.4 Å². The highest BCUT2D eigenvalue weighted by Gasteiger charge is 2.65. The maximum atomic E-state index is 13.7. The van der Waals surface area contributed by atoms with E-state index in [1.54, 1.807) is 0 Å². The molecule has 0 aromatic heterocycles. The first-order valence-electron chi connectivity index (χ1n) is 12.4. The number of hydrogen-bond donors (Lipinski definition) is 0. The molecule has 0 N–H and O–H groups in total. The average molecular weight is 399 g/mol.